The van der Waals surface area contributed by atoms with Crippen LogP contribution in [-0.4, -0.2) is 53.2 Å². The van der Waals surface area contributed by atoms with Crippen LogP contribution in [0.15, 0.2) is 40.3 Å². The molecule has 1 aromatic carbocycles. The summed E-state index contributed by atoms with van der Waals surface area (Å²) in [6, 6.07) is 6.83. The first kappa shape index (κ1) is 24.3. The molecule has 0 spiro atoms. The first-order valence-corrected chi connectivity index (χ1v) is 13.2. The van der Waals surface area contributed by atoms with Gasteiger partial charge in [0.1, 0.15) is 14.6 Å². The lowest BCUT2D eigenvalue weighted by Crippen LogP contribution is -2.21. The van der Waals surface area contributed by atoms with Gasteiger partial charge in [-0.1, -0.05) is 12.1 Å². The molecule has 1 atom stereocenters. The van der Waals surface area contributed by atoms with E-state index in [0.717, 1.165) is 5.56 Å². The van der Waals surface area contributed by atoms with Gasteiger partial charge in [0.25, 0.3) is 5.56 Å². The molecule has 3 rings (SSSR count). The minimum absolute atomic E-state index is 0.0350. The number of anilines is 1. The Bertz CT molecular complexity index is 1210. The molecule has 1 unspecified atom stereocenters. The van der Waals surface area contributed by atoms with Crippen molar-refractivity contribution >= 4 is 35.2 Å². The summed E-state index contributed by atoms with van der Waals surface area (Å²) in [7, 11) is -4.30. The molecule has 0 saturated heterocycles. The molecule has 174 valence electrons. The van der Waals surface area contributed by atoms with E-state index in [4.69, 9.17) is 15.0 Å². The maximum Gasteiger partial charge on any atom is 0.280 e. The molecule has 0 aliphatic heterocycles. The van der Waals surface area contributed by atoms with Crippen molar-refractivity contribution in [1.82, 2.24) is 24.6 Å². The van der Waals surface area contributed by atoms with Crippen LogP contribution in [-0.2, 0) is 32.2 Å². The third kappa shape index (κ3) is 6.57. The first-order chi connectivity index (χ1) is 15.1. The summed E-state index contributed by atoms with van der Waals surface area (Å²) in [4.78, 5) is 22.8. The number of aromatic amines is 1. The summed E-state index contributed by atoms with van der Waals surface area (Å²) in [5, 5.41) is 3.35. The second-order valence-electron chi connectivity index (χ2n) is 7.45. The zero-order valence-corrected chi connectivity index (χ0v) is 19.8. The number of nitrogen functional groups attached to an aromatic ring is 1. The van der Waals surface area contributed by atoms with Crippen molar-refractivity contribution in [3.05, 3.63) is 46.5 Å². The Labute approximate surface area is 187 Å². The molecule has 2 heterocycles. The number of hydrogen-bond acceptors (Lipinski definition) is 9. The summed E-state index contributed by atoms with van der Waals surface area (Å²) in [6.45, 7) is 5.18. The van der Waals surface area contributed by atoms with Gasteiger partial charge in [-0.05, 0) is 31.5 Å². The number of H-pyrrole nitrogens is 1. The van der Waals surface area contributed by atoms with E-state index in [-0.39, 0.29) is 28.0 Å². The molecule has 0 bridgehead atoms. The van der Waals surface area contributed by atoms with E-state index in [1.54, 1.807) is 28.8 Å². The molecule has 0 fully saturated rings. The molecule has 4 N–H and O–H groups in total. The van der Waals surface area contributed by atoms with Gasteiger partial charge in [0.15, 0.2) is 21.0 Å². The van der Waals surface area contributed by atoms with E-state index < -0.39 is 18.1 Å². The molecule has 32 heavy (non-hydrogen) atoms. The zero-order valence-electron chi connectivity index (χ0n) is 18.1. The number of ether oxygens (including phenoxy) is 1. The van der Waals surface area contributed by atoms with E-state index in [1.807, 2.05) is 13.8 Å². The molecule has 0 aliphatic carbocycles. The van der Waals surface area contributed by atoms with E-state index in [2.05, 4.69) is 20.0 Å². The maximum absolute atomic E-state index is 11.9. The third-order valence-corrected chi connectivity index (χ3v) is 7.11. The Hall–Kier alpha value is -2.37. The highest BCUT2D eigenvalue weighted by Crippen LogP contribution is 2.34. The monoisotopic (exact) mass is 482 g/mol. The third-order valence-electron chi connectivity index (χ3n) is 4.32. The van der Waals surface area contributed by atoms with Crippen LogP contribution in [0.2, 0.25) is 0 Å². The normalized spacial score (nSPS) is 13.1. The van der Waals surface area contributed by atoms with Crippen LogP contribution < -0.4 is 16.4 Å². The minimum atomic E-state index is -3.23. The Morgan fingerprint density at radius 1 is 1.28 bits per heavy atom. The van der Waals surface area contributed by atoms with Gasteiger partial charge >= 0.3 is 0 Å². The van der Waals surface area contributed by atoms with Gasteiger partial charge < -0.3 is 19.6 Å². The summed E-state index contributed by atoms with van der Waals surface area (Å²) < 4.78 is 36.7. The molecule has 0 radical (unpaired) electrons. The number of rotatable bonds is 11. The SMILES string of the molecule is CC(C)NP(COCCn1cnc2c(=O)[nH]c(N)nc21)OCc1ccc(S(C)(=O)=O)cc1. The van der Waals surface area contributed by atoms with Crippen LogP contribution in [0.25, 0.3) is 11.2 Å². The van der Waals surface area contributed by atoms with Gasteiger partial charge in [-0.2, -0.15) is 4.98 Å². The zero-order chi connectivity index (χ0) is 23.3. The lowest BCUT2D eigenvalue weighted by atomic mass is 10.2. The fourth-order valence-electron chi connectivity index (χ4n) is 2.83. The fraction of sp³-hybridized carbons (Fsp3) is 0.421. The van der Waals surface area contributed by atoms with Crippen LogP contribution in [0.3, 0.4) is 0 Å². The number of aromatic nitrogens is 4. The Morgan fingerprint density at radius 3 is 2.66 bits per heavy atom. The first-order valence-electron chi connectivity index (χ1n) is 9.87. The fourth-order valence-corrected chi connectivity index (χ4v) is 4.86. The maximum atomic E-state index is 11.9. The largest absolute Gasteiger partial charge is 0.371 e. The van der Waals surface area contributed by atoms with E-state index in [1.165, 1.54) is 12.6 Å². The highest BCUT2D eigenvalue weighted by Gasteiger charge is 2.14. The topological polar surface area (TPSA) is 154 Å². The molecule has 2 aromatic heterocycles. The predicted molar refractivity (Wildman–Crippen MR) is 123 cm³/mol. The predicted octanol–water partition coefficient (Wildman–Crippen LogP) is 1.61. The van der Waals surface area contributed by atoms with E-state index in [9.17, 15) is 13.2 Å². The van der Waals surface area contributed by atoms with Crippen LogP contribution in [0, 0.1) is 0 Å². The van der Waals surface area contributed by atoms with Gasteiger partial charge in [0, 0.05) is 18.8 Å². The smallest absolute Gasteiger partial charge is 0.280 e. The Balaban J connectivity index is 1.53. The van der Waals surface area contributed by atoms with Crippen LogP contribution >= 0.6 is 8.30 Å². The highest BCUT2D eigenvalue weighted by atomic mass is 32.2. The highest BCUT2D eigenvalue weighted by molar-refractivity contribution is 7.90. The number of nitrogens with zero attached hydrogens (tertiary/aromatic N) is 3. The van der Waals surface area contributed by atoms with Crippen molar-refractivity contribution in [3.8, 4) is 0 Å². The summed E-state index contributed by atoms with van der Waals surface area (Å²) in [6.07, 6.45) is 3.07. The number of sulfone groups is 1. The Kier molecular flexibility index (Phi) is 7.96. The van der Waals surface area contributed by atoms with E-state index >= 15 is 0 Å². The van der Waals surface area contributed by atoms with E-state index in [0.29, 0.717) is 31.8 Å². The molecule has 0 amide bonds. The van der Waals surface area contributed by atoms with Gasteiger partial charge in [-0.25, -0.2) is 13.4 Å². The number of nitrogens with one attached hydrogen (secondary N) is 2. The number of imidazole rings is 1. The van der Waals surface area contributed by atoms with Gasteiger partial charge in [0.05, 0.1) is 24.4 Å². The molecular weight excluding hydrogens is 455 g/mol. The van der Waals surface area contributed by atoms with Crippen LogP contribution in [0.5, 0.6) is 0 Å². The molecule has 13 heteroatoms. The number of benzene rings is 1. The van der Waals surface area contributed by atoms with Crippen molar-refractivity contribution in [2.45, 2.75) is 37.9 Å². The summed E-state index contributed by atoms with van der Waals surface area (Å²) in [5.74, 6) is 0.0350. The molecule has 0 saturated carbocycles. The molecular formula is C19H27N6O5PS. The molecule has 11 nitrogen and oxygen atoms in total. The van der Waals surface area contributed by atoms with Gasteiger partial charge in [-0.3, -0.25) is 14.9 Å². The van der Waals surface area contributed by atoms with Gasteiger partial charge in [-0.15, -0.1) is 0 Å². The summed E-state index contributed by atoms with van der Waals surface area (Å²) in [5.41, 5.74) is 6.74. The van der Waals surface area contributed by atoms with Crippen LogP contribution in [0.4, 0.5) is 5.95 Å². The standard InChI is InChI=1S/C19H27N6O5PS/c1-13(2)24-31(30-10-14-4-6-15(7-5-14)32(3,27)28)12-29-9-8-25-11-21-16-17(25)22-19(20)23-18(16)26/h4-7,11,13,24H,8-10,12H2,1-3H3,(H3,20,22,23,26). The second-order valence-corrected chi connectivity index (χ2v) is 11.0. The number of hydrogen-bond donors (Lipinski definition) is 3. The summed E-state index contributed by atoms with van der Waals surface area (Å²) >= 11 is 0. The second kappa shape index (κ2) is 10.5. The van der Waals surface area contributed by atoms with Crippen molar-refractivity contribution in [1.29, 1.82) is 0 Å². The van der Waals surface area contributed by atoms with Crippen molar-refractivity contribution in [2.75, 3.05) is 24.9 Å². The van der Waals surface area contributed by atoms with Crippen molar-refractivity contribution in [3.63, 3.8) is 0 Å². The van der Waals surface area contributed by atoms with Gasteiger partial charge in [0.2, 0.25) is 5.95 Å². The Morgan fingerprint density at radius 2 is 2.00 bits per heavy atom. The van der Waals surface area contributed by atoms with Crippen molar-refractivity contribution < 1.29 is 17.7 Å². The minimum Gasteiger partial charge on any atom is -0.371 e. The molecule has 0 aliphatic rings. The number of nitrogens with two attached hydrogens (primary N) is 1. The van der Waals surface area contributed by atoms with Crippen LogP contribution in [0.1, 0.15) is 19.4 Å². The molecule has 3 aromatic rings. The average molecular weight is 483 g/mol. The average Bonchev–Trinajstić information content (AvgIpc) is 3.11. The van der Waals surface area contributed by atoms with Crippen molar-refractivity contribution in [2.24, 2.45) is 0 Å². The quantitative estimate of drug-likeness (QED) is 0.273. The number of fused-ring (bicyclic) bond motifs is 1. The lowest BCUT2D eigenvalue weighted by molar-refractivity contribution is 0.159. The lowest BCUT2D eigenvalue weighted by Gasteiger charge is -2.21.